The zero-order chi connectivity index (χ0) is 15.3. The van der Waals surface area contributed by atoms with E-state index in [9.17, 15) is 8.42 Å². The topological polar surface area (TPSA) is 73.2 Å². The molecular formula is C15H21N3O2S. The smallest absolute Gasteiger partial charge is 0.240 e. The molecule has 1 aromatic rings. The van der Waals surface area contributed by atoms with Crippen LogP contribution in [0.3, 0.4) is 0 Å². The standard InChI is InChI=1S/C15H21N3O2S/c1-2-18-8-6-13(7-9-18)12-17-21(19,20)15-5-3-4-14(10-15)11-16/h3-5,10,13,17H,2,6-9,12H2,1H3. The summed E-state index contributed by atoms with van der Waals surface area (Å²) in [4.78, 5) is 2.54. The van der Waals surface area contributed by atoms with E-state index in [0.717, 1.165) is 32.5 Å². The highest BCUT2D eigenvalue weighted by Crippen LogP contribution is 2.17. The van der Waals surface area contributed by atoms with Gasteiger partial charge in [0, 0.05) is 6.54 Å². The first-order valence-corrected chi connectivity index (χ1v) is 8.75. The quantitative estimate of drug-likeness (QED) is 0.896. The van der Waals surface area contributed by atoms with Crippen molar-refractivity contribution in [2.45, 2.75) is 24.7 Å². The first-order valence-electron chi connectivity index (χ1n) is 7.27. The van der Waals surface area contributed by atoms with Crippen molar-refractivity contribution in [2.75, 3.05) is 26.2 Å². The van der Waals surface area contributed by atoms with Crippen LogP contribution in [0, 0.1) is 17.2 Å². The second-order valence-corrected chi connectivity index (χ2v) is 7.14. The van der Waals surface area contributed by atoms with Gasteiger partial charge in [-0.3, -0.25) is 0 Å². The van der Waals surface area contributed by atoms with E-state index in [2.05, 4.69) is 16.5 Å². The second-order valence-electron chi connectivity index (χ2n) is 5.37. The monoisotopic (exact) mass is 307 g/mol. The lowest BCUT2D eigenvalue weighted by atomic mass is 9.97. The molecule has 0 radical (unpaired) electrons. The molecule has 1 N–H and O–H groups in total. The minimum atomic E-state index is -3.53. The summed E-state index contributed by atoms with van der Waals surface area (Å²) in [7, 11) is -3.53. The van der Waals surface area contributed by atoms with E-state index in [1.807, 2.05) is 6.07 Å². The number of rotatable bonds is 5. The van der Waals surface area contributed by atoms with Crippen molar-refractivity contribution in [3.05, 3.63) is 29.8 Å². The minimum absolute atomic E-state index is 0.160. The van der Waals surface area contributed by atoms with Gasteiger partial charge in [-0.15, -0.1) is 0 Å². The van der Waals surface area contributed by atoms with Gasteiger partial charge in [-0.1, -0.05) is 13.0 Å². The lowest BCUT2D eigenvalue weighted by Crippen LogP contribution is -2.38. The number of likely N-dealkylation sites (tertiary alicyclic amines) is 1. The normalized spacial score (nSPS) is 17.5. The van der Waals surface area contributed by atoms with E-state index in [4.69, 9.17) is 5.26 Å². The van der Waals surface area contributed by atoms with Crippen LogP contribution in [0.15, 0.2) is 29.2 Å². The fraction of sp³-hybridized carbons (Fsp3) is 0.533. The molecule has 0 unspecified atom stereocenters. The van der Waals surface area contributed by atoms with Gasteiger partial charge in [-0.2, -0.15) is 5.26 Å². The molecule has 1 fully saturated rings. The molecule has 1 heterocycles. The zero-order valence-electron chi connectivity index (χ0n) is 12.2. The molecule has 0 amide bonds. The molecule has 0 spiro atoms. The summed E-state index contributed by atoms with van der Waals surface area (Å²) in [5.41, 5.74) is 0.356. The molecule has 0 bridgehead atoms. The average Bonchev–Trinajstić information content (AvgIpc) is 2.53. The number of nitriles is 1. The van der Waals surface area contributed by atoms with Gasteiger partial charge >= 0.3 is 0 Å². The van der Waals surface area contributed by atoms with Crippen LogP contribution in [0.1, 0.15) is 25.3 Å². The van der Waals surface area contributed by atoms with E-state index in [1.165, 1.54) is 12.1 Å². The van der Waals surface area contributed by atoms with Gasteiger partial charge < -0.3 is 4.90 Å². The molecule has 21 heavy (non-hydrogen) atoms. The van der Waals surface area contributed by atoms with Crippen LogP contribution in [0.4, 0.5) is 0 Å². The van der Waals surface area contributed by atoms with Gasteiger partial charge in [-0.05, 0) is 56.6 Å². The molecule has 0 atom stereocenters. The highest BCUT2D eigenvalue weighted by Gasteiger charge is 2.21. The van der Waals surface area contributed by atoms with Crippen LogP contribution >= 0.6 is 0 Å². The Morgan fingerprint density at radius 2 is 2.10 bits per heavy atom. The van der Waals surface area contributed by atoms with E-state index in [1.54, 1.807) is 12.1 Å². The molecule has 2 rings (SSSR count). The molecule has 5 nitrogen and oxygen atoms in total. The van der Waals surface area contributed by atoms with Crippen LogP contribution in [0.5, 0.6) is 0 Å². The lowest BCUT2D eigenvalue weighted by molar-refractivity contribution is 0.194. The summed E-state index contributed by atoms with van der Waals surface area (Å²) in [5, 5.41) is 8.84. The van der Waals surface area contributed by atoms with Gasteiger partial charge in [0.2, 0.25) is 10.0 Å². The average molecular weight is 307 g/mol. The summed E-state index contributed by atoms with van der Waals surface area (Å²) in [5.74, 6) is 0.390. The van der Waals surface area contributed by atoms with Gasteiger partial charge in [0.05, 0.1) is 16.5 Å². The summed E-state index contributed by atoms with van der Waals surface area (Å²) >= 11 is 0. The van der Waals surface area contributed by atoms with Crippen molar-refractivity contribution < 1.29 is 8.42 Å². The molecule has 0 aliphatic carbocycles. The molecule has 1 aliphatic heterocycles. The molecule has 0 aromatic heterocycles. The van der Waals surface area contributed by atoms with E-state index < -0.39 is 10.0 Å². The summed E-state index contributed by atoms with van der Waals surface area (Å²) in [6, 6.07) is 8.07. The first-order chi connectivity index (χ1) is 10.0. The van der Waals surface area contributed by atoms with Crippen molar-refractivity contribution in [1.29, 1.82) is 5.26 Å². The third kappa shape index (κ3) is 4.27. The van der Waals surface area contributed by atoms with Crippen LogP contribution in [-0.2, 0) is 10.0 Å². The molecule has 1 aliphatic rings. The molecule has 6 heteroatoms. The van der Waals surface area contributed by atoms with Crippen LogP contribution < -0.4 is 4.72 Å². The van der Waals surface area contributed by atoms with Crippen molar-refractivity contribution in [2.24, 2.45) is 5.92 Å². The Morgan fingerprint density at radius 3 is 2.71 bits per heavy atom. The Hall–Kier alpha value is -1.42. The molecule has 0 saturated carbocycles. The van der Waals surface area contributed by atoms with E-state index in [0.29, 0.717) is 18.0 Å². The minimum Gasteiger partial charge on any atom is -0.304 e. The van der Waals surface area contributed by atoms with Crippen LogP contribution in [-0.4, -0.2) is 39.5 Å². The first kappa shape index (κ1) is 16.0. The predicted octanol–water partition coefficient (Wildman–Crippen LogP) is 1.57. The summed E-state index contributed by atoms with van der Waals surface area (Å²) < 4.78 is 27.1. The molecule has 1 saturated heterocycles. The van der Waals surface area contributed by atoms with Gasteiger partial charge in [0.1, 0.15) is 0 Å². The number of hydrogen-bond acceptors (Lipinski definition) is 4. The van der Waals surface area contributed by atoms with Crippen molar-refractivity contribution in [3.8, 4) is 6.07 Å². The summed E-state index contributed by atoms with van der Waals surface area (Å²) in [6.07, 6.45) is 2.04. The maximum atomic E-state index is 12.2. The van der Waals surface area contributed by atoms with Crippen molar-refractivity contribution >= 4 is 10.0 Å². The number of sulfonamides is 1. The highest BCUT2D eigenvalue weighted by atomic mass is 32.2. The third-order valence-electron chi connectivity index (χ3n) is 3.99. The summed E-state index contributed by atoms with van der Waals surface area (Å²) in [6.45, 7) is 5.74. The maximum absolute atomic E-state index is 12.2. The van der Waals surface area contributed by atoms with Crippen LogP contribution in [0.2, 0.25) is 0 Å². The second kappa shape index (κ2) is 7.03. The Kier molecular flexibility index (Phi) is 5.34. The van der Waals surface area contributed by atoms with Gasteiger partial charge in [0.25, 0.3) is 0 Å². The number of nitrogens with zero attached hydrogens (tertiary/aromatic N) is 2. The number of nitrogens with one attached hydrogen (secondary N) is 1. The molecular weight excluding hydrogens is 286 g/mol. The van der Waals surface area contributed by atoms with Gasteiger partial charge in [-0.25, -0.2) is 13.1 Å². The highest BCUT2D eigenvalue weighted by molar-refractivity contribution is 7.89. The predicted molar refractivity (Wildman–Crippen MR) is 81.2 cm³/mol. The van der Waals surface area contributed by atoms with Crippen LogP contribution in [0.25, 0.3) is 0 Å². The lowest BCUT2D eigenvalue weighted by Gasteiger charge is -2.30. The molecule has 114 valence electrons. The fourth-order valence-corrected chi connectivity index (χ4v) is 3.71. The fourth-order valence-electron chi connectivity index (χ4n) is 2.55. The number of hydrogen-bond donors (Lipinski definition) is 1. The SMILES string of the molecule is CCN1CCC(CNS(=O)(=O)c2cccc(C#N)c2)CC1. The maximum Gasteiger partial charge on any atom is 0.240 e. The van der Waals surface area contributed by atoms with Crippen molar-refractivity contribution in [3.63, 3.8) is 0 Å². The largest absolute Gasteiger partial charge is 0.304 e. The third-order valence-corrected chi connectivity index (χ3v) is 5.41. The van der Waals surface area contributed by atoms with E-state index >= 15 is 0 Å². The van der Waals surface area contributed by atoms with E-state index in [-0.39, 0.29) is 4.90 Å². The zero-order valence-corrected chi connectivity index (χ0v) is 13.1. The Bertz CT molecular complexity index is 614. The Labute approximate surface area is 126 Å². The number of benzene rings is 1. The Balaban J connectivity index is 1.94. The number of piperidine rings is 1. The van der Waals surface area contributed by atoms with Gasteiger partial charge in [0.15, 0.2) is 0 Å². The Morgan fingerprint density at radius 1 is 1.38 bits per heavy atom. The van der Waals surface area contributed by atoms with Crippen molar-refractivity contribution in [1.82, 2.24) is 9.62 Å². The molecule has 1 aromatic carbocycles.